The minimum Gasteiger partial charge on any atom is -0.490 e. The van der Waals surface area contributed by atoms with Crippen LogP contribution in [-0.4, -0.2) is 19.8 Å². The minimum absolute atomic E-state index is 0.00544. The molecule has 0 spiro atoms. The number of ether oxygens (including phenoxy) is 2. The van der Waals surface area contributed by atoms with E-state index < -0.39 is 11.7 Å². The summed E-state index contributed by atoms with van der Waals surface area (Å²) in [6, 6.07) is 4.86. The predicted octanol–water partition coefficient (Wildman–Crippen LogP) is 2.99. The maximum absolute atomic E-state index is 12.8. The van der Waals surface area contributed by atoms with Gasteiger partial charge in [0, 0.05) is 7.11 Å². The van der Waals surface area contributed by atoms with Gasteiger partial charge in [-0.25, -0.2) is 0 Å². The Kier molecular flexibility index (Phi) is 4.56. The van der Waals surface area contributed by atoms with Crippen LogP contribution in [0.15, 0.2) is 18.2 Å². The van der Waals surface area contributed by atoms with Crippen molar-refractivity contribution in [2.24, 2.45) is 0 Å². The van der Waals surface area contributed by atoms with Crippen LogP contribution in [0.5, 0.6) is 5.75 Å². The van der Waals surface area contributed by atoms with E-state index in [1.54, 1.807) is 13.0 Å². The fourth-order valence-electron chi connectivity index (χ4n) is 1.22. The number of nitrogens with zero attached hydrogens (tertiary/aromatic N) is 1. The van der Waals surface area contributed by atoms with Crippen molar-refractivity contribution in [3.05, 3.63) is 29.3 Å². The lowest BCUT2D eigenvalue weighted by Gasteiger charge is -2.16. The summed E-state index contributed by atoms with van der Waals surface area (Å²) in [6.07, 6.45) is -4.87. The molecule has 0 aromatic heterocycles. The van der Waals surface area contributed by atoms with Crippen molar-refractivity contribution in [1.29, 1.82) is 5.26 Å². The molecule has 1 rings (SSSR count). The van der Waals surface area contributed by atoms with Crippen molar-refractivity contribution in [3.63, 3.8) is 0 Å². The first kappa shape index (κ1) is 14.3. The summed E-state index contributed by atoms with van der Waals surface area (Å²) < 4.78 is 48.2. The zero-order valence-corrected chi connectivity index (χ0v) is 9.91. The Bertz CT molecular complexity index is 452. The van der Waals surface area contributed by atoms with E-state index in [0.29, 0.717) is 0 Å². The first-order valence-electron chi connectivity index (χ1n) is 5.15. The molecular formula is C12H12F3NO2. The van der Waals surface area contributed by atoms with Crippen LogP contribution >= 0.6 is 0 Å². The van der Waals surface area contributed by atoms with Gasteiger partial charge >= 0.3 is 6.18 Å². The summed E-state index contributed by atoms with van der Waals surface area (Å²) in [5.74, 6) is -0.301. The molecule has 98 valence electrons. The smallest absolute Gasteiger partial charge is 0.420 e. The zero-order valence-electron chi connectivity index (χ0n) is 9.91. The Morgan fingerprint density at radius 3 is 2.56 bits per heavy atom. The van der Waals surface area contributed by atoms with Gasteiger partial charge in [0.15, 0.2) is 0 Å². The zero-order chi connectivity index (χ0) is 13.8. The van der Waals surface area contributed by atoms with Crippen LogP contribution in [0.1, 0.15) is 18.1 Å². The predicted molar refractivity (Wildman–Crippen MR) is 58.1 cm³/mol. The van der Waals surface area contributed by atoms with E-state index in [-0.39, 0.29) is 24.0 Å². The van der Waals surface area contributed by atoms with Crippen molar-refractivity contribution in [2.45, 2.75) is 19.2 Å². The minimum atomic E-state index is -4.56. The van der Waals surface area contributed by atoms with Crippen LogP contribution in [0.2, 0.25) is 0 Å². The van der Waals surface area contributed by atoms with Gasteiger partial charge in [0.1, 0.15) is 12.4 Å². The fourth-order valence-corrected chi connectivity index (χ4v) is 1.22. The van der Waals surface area contributed by atoms with E-state index in [4.69, 9.17) is 14.7 Å². The molecule has 0 aliphatic rings. The molecule has 1 unspecified atom stereocenters. The third-order valence-corrected chi connectivity index (χ3v) is 2.29. The number of rotatable bonds is 4. The molecule has 0 heterocycles. The van der Waals surface area contributed by atoms with Crippen LogP contribution in [-0.2, 0) is 10.9 Å². The molecule has 3 nitrogen and oxygen atoms in total. The molecule has 6 heteroatoms. The van der Waals surface area contributed by atoms with Crippen molar-refractivity contribution in [1.82, 2.24) is 0 Å². The molecule has 0 saturated carbocycles. The quantitative estimate of drug-likeness (QED) is 0.834. The molecule has 0 fully saturated rings. The number of nitriles is 1. The molecule has 1 aromatic carbocycles. The molecule has 0 saturated heterocycles. The van der Waals surface area contributed by atoms with E-state index in [9.17, 15) is 13.2 Å². The van der Waals surface area contributed by atoms with Crippen LogP contribution < -0.4 is 4.74 Å². The molecule has 0 aliphatic heterocycles. The van der Waals surface area contributed by atoms with Gasteiger partial charge in [0.2, 0.25) is 0 Å². The van der Waals surface area contributed by atoms with Gasteiger partial charge < -0.3 is 9.47 Å². The number of alkyl halides is 3. The first-order chi connectivity index (χ1) is 8.38. The maximum atomic E-state index is 12.8. The van der Waals surface area contributed by atoms with Gasteiger partial charge in [0.05, 0.1) is 23.3 Å². The van der Waals surface area contributed by atoms with Crippen LogP contribution in [0.3, 0.4) is 0 Å². The summed E-state index contributed by atoms with van der Waals surface area (Å²) in [4.78, 5) is 0. The Morgan fingerprint density at radius 1 is 1.39 bits per heavy atom. The Balaban J connectivity index is 3.01. The van der Waals surface area contributed by atoms with Gasteiger partial charge in [-0.3, -0.25) is 0 Å². The number of hydrogen-bond donors (Lipinski definition) is 0. The van der Waals surface area contributed by atoms with Crippen LogP contribution in [0.4, 0.5) is 13.2 Å². The molecule has 1 aromatic rings. The number of methoxy groups -OCH3 is 1. The van der Waals surface area contributed by atoms with Gasteiger partial charge in [-0.1, -0.05) is 0 Å². The van der Waals surface area contributed by atoms with Gasteiger partial charge in [0.25, 0.3) is 0 Å². The molecule has 0 N–H and O–H groups in total. The summed E-state index contributed by atoms with van der Waals surface area (Å²) in [5, 5.41) is 8.60. The monoisotopic (exact) mass is 259 g/mol. The fraction of sp³-hybridized carbons (Fsp3) is 0.417. The second-order valence-electron chi connectivity index (χ2n) is 3.68. The standard InChI is InChI=1S/C12H12F3NO2/c1-8(17-2)7-18-11-4-3-9(6-16)5-10(11)12(13,14)15/h3-5,8H,7H2,1-2H3. The van der Waals surface area contributed by atoms with E-state index in [0.717, 1.165) is 12.1 Å². The second-order valence-corrected chi connectivity index (χ2v) is 3.68. The van der Waals surface area contributed by atoms with Crippen LogP contribution in [0, 0.1) is 11.3 Å². The lowest BCUT2D eigenvalue weighted by molar-refractivity contribution is -0.139. The summed E-state index contributed by atoms with van der Waals surface area (Å²) >= 11 is 0. The molecule has 0 radical (unpaired) electrons. The normalized spacial score (nSPS) is 12.9. The summed E-state index contributed by atoms with van der Waals surface area (Å²) in [7, 11) is 1.44. The highest BCUT2D eigenvalue weighted by Crippen LogP contribution is 2.36. The van der Waals surface area contributed by atoms with Crippen molar-refractivity contribution in [3.8, 4) is 11.8 Å². The number of benzene rings is 1. The molecular weight excluding hydrogens is 247 g/mol. The van der Waals surface area contributed by atoms with Gasteiger partial charge in [-0.05, 0) is 25.1 Å². The summed E-state index contributed by atoms with van der Waals surface area (Å²) in [6.45, 7) is 1.68. The van der Waals surface area contributed by atoms with Crippen molar-refractivity contribution in [2.75, 3.05) is 13.7 Å². The SMILES string of the molecule is COC(C)COc1ccc(C#N)cc1C(F)(F)F. The molecule has 1 atom stereocenters. The molecule has 0 aliphatic carbocycles. The van der Waals surface area contributed by atoms with E-state index >= 15 is 0 Å². The Morgan fingerprint density at radius 2 is 2.06 bits per heavy atom. The Hall–Kier alpha value is -1.74. The maximum Gasteiger partial charge on any atom is 0.420 e. The largest absolute Gasteiger partial charge is 0.490 e. The van der Waals surface area contributed by atoms with E-state index in [2.05, 4.69) is 0 Å². The van der Waals surface area contributed by atoms with Crippen molar-refractivity contribution < 1.29 is 22.6 Å². The highest BCUT2D eigenvalue weighted by atomic mass is 19.4. The Labute approximate surface area is 103 Å². The van der Waals surface area contributed by atoms with Gasteiger partial charge in [-0.2, -0.15) is 18.4 Å². The third-order valence-electron chi connectivity index (χ3n) is 2.29. The molecule has 0 bridgehead atoms. The number of hydrogen-bond acceptors (Lipinski definition) is 3. The lowest BCUT2D eigenvalue weighted by Crippen LogP contribution is -2.18. The molecule has 0 amide bonds. The molecule has 18 heavy (non-hydrogen) atoms. The van der Waals surface area contributed by atoms with E-state index in [1.165, 1.54) is 13.2 Å². The topological polar surface area (TPSA) is 42.2 Å². The summed E-state index contributed by atoms with van der Waals surface area (Å²) in [5.41, 5.74) is -1.01. The average molecular weight is 259 g/mol. The van der Waals surface area contributed by atoms with Crippen molar-refractivity contribution >= 4 is 0 Å². The first-order valence-corrected chi connectivity index (χ1v) is 5.15. The highest BCUT2D eigenvalue weighted by molar-refractivity contribution is 5.43. The van der Waals surface area contributed by atoms with E-state index in [1.807, 2.05) is 0 Å². The number of halogens is 3. The van der Waals surface area contributed by atoms with Crippen LogP contribution in [0.25, 0.3) is 0 Å². The third kappa shape index (κ3) is 3.64. The van der Waals surface area contributed by atoms with Gasteiger partial charge in [-0.15, -0.1) is 0 Å². The second kappa shape index (κ2) is 5.74. The lowest BCUT2D eigenvalue weighted by atomic mass is 10.1. The highest BCUT2D eigenvalue weighted by Gasteiger charge is 2.34. The average Bonchev–Trinajstić information content (AvgIpc) is 2.34.